The molecule has 1 N–H and O–H groups in total. The molecule has 2 aliphatic heterocycles. The van der Waals surface area contributed by atoms with Crippen molar-refractivity contribution >= 4 is 17.6 Å². The number of hydrogen-bond donors (Lipinski definition) is 1. The standard InChI is InChI=1S/C23H23F3N4O3/c1-3-8-27-22(31)30-11-9-29(10-12-30)21-17-14-16(32-2)5-7-19(17)33-20-6-4-15(23(24,25)26)13-18(20)28-21/h3-7,13-14H,1,8-12H2,2H3,(H,27,31). The molecule has 0 aliphatic carbocycles. The van der Waals surface area contributed by atoms with Crippen molar-refractivity contribution in [3.63, 3.8) is 0 Å². The number of urea groups is 1. The molecule has 2 amide bonds. The van der Waals surface area contributed by atoms with Crippen LogP contribution in [0.15, 0.2) is 54.0 Å². The van der Waals surface area contributed by atoms with Crippen LogP contribution in [0.1, 0.15) is 11.1 Å². The number of aliphatic imine (C=N–C) groups is 1. The first-order valence-electron chi connectivity index (χ1n) is 10.3. The summed E-state index contributed by atoms with van der Waals surface area (Å²) in [4.78, 5) is 20.5. The number of nitrogens with zero attached hydrogens (tertiary/aromatic N) is 3. The van der Waals surface area contributed by atoms with E-state index in [0.29, 0.717) is 55.6 Å². The van der Waals surface area contributed by atoms with Crippen molar-refractivity contribution in [2.24, 2.45) is 4.99 Å². The topological polar surface area (TPSA) is 66.4 Å². The van der Waals surface area contributed by atoms with E-state index in [1.54, 1.807) is 29.2 Å². The van der Waals surface area contributed by atoms with Crippen molar-refractivity contribution < 1.29 is 27.4 Å². The molecule has 0 radical (unpaired) electrons. The van der Waals surface area contributed by atoms with E-state index in [1.165, 1.54) is 13.2 Å². The second-order valence-corrected chi connectivity index (χ2v) is 7.53. The molecular formula is C23H23F3N4O3. The van der Waals surface area contributed by atoms with Crippen LogP contribution in [-0.4, -0.2) is 61.5 Å². The Morgan fingerprint density at radius 1 is 1.18 bits per heavy atom. The summed E-state index contributed by atoms with van der Waals surface area (Å²) in [6.45, 7) is 5.71. The number of nitrogens with one attached hydrogen (secondary N) is 1. The second kappa shape index (κ2) is 9.05. The number of carbonyl (C=O) groups excluding carboxylic acids is 1. The number of methoxy groups -OCH3 is 1. The van der Waals surface area contributed by atoms with Gasteiger partial charge in [0.15, 0.2) is 5.75 Å². The van der Waals surface area contributed by atoms with Gasteiger partial charge in [-0.15, -0.1) is 6.58 Å². The Labute approximate surface area is 189 Å². The minimum Gasteiger partial charge on any atom is -0.497 e. The lowest BCUT2D eigenvalue weighted by atomic mass is 10.1. The fourth-order valence-corrected chi connectivity index (χ4v) is 3.69. The first-order valence-corrected chi connectivity index (χ1v) is 10.3. The first-order chi connectivity index (χ1) is 15.8. The molecule has 2 aliphatic rings. The van der Waals surface area contributed by atoms with Gasteiger partial charge in [0.2, 0.25) is 0 Å². The Morgan fingerprint density at radius 2 is 1.91 bits per heavy atom. The summed E-state index contributed by atoms with van der Waals surface area (Å²) in [7, 11) is 1.53. The summed E-state index contributed by atoms with van der Waals surface area (Å²) in [6.07, 6.45) is -2.90. The van der Waals surface area contributed by atoms with E-state index in [-0.39, 0.29) is 17.5 Å². The number of amidine groups is 1. The molecule has 0 spiro atoms. The van der Waals surface area contributed by atoms with Crippen molar-refractivity contribution in [2.75, 3.05) is 39.8 Å². The summed E-state index contributed by atoms with van der Waals surface area (Å²) in [5.41, 5.74) is -0.120. The highest BCUT2D eigenvalue weighted by molar-refractivity contribution is 6.04. The number of ether oxygens (including phenoxy) is 2. The summed E-state index contributed by atoms with van der Waals surface area (Å²) in [6, 6.07) is 8.21. The van der Waals surface area contributed by atoms with Gasteiger partial charge in [-0.2, -0.15) is 13.2 Å². The molecule has 2 aromatic carbocycles. The number of halogens is 3. The summed E-state index contributed by atoms with van der Waals surface area (Å²) in [5, 5.41) is 2.75. The maximum atomic E-state index is 13.3. The number of benzene rings is 2. The van der Waals surface area contributed by atoms with Crippen molar-refractivity contribution in [3.8, 4) is 17.2 Å². The third kappa shape index (κ3) is 4.74. The molecule has 2 heterocycles. The third-order valence-electron chi connectivity index (χ3n) is 5.42. The van der Waals surface area contributed by atoms with Crippen LogP contribution in [0.25, 0.3) is 0 Å². The van der Waals surface area contributed by atoms with Gasteiger partial charge in [-0.3, -0.25) is 0 Å². The number of carbonyl (C=O) groups is 1. The number of fused-ring (bicyclic) bond motifs is 2. The van der Waals surface area contributed by atoms with Crippen molar-refractivity contribution in [2.45, 2.75) is 6.18 Å². The Balaban J connectivity index is 1.70. The van der Waals surface area contributed by atoms with Crippen molar-refractivity contribution in [1.82, 2.24) is 15.1 Å². The van der Waals surface area contributed by atoms with Gasteiger partial charge in [0.05, 0.1) is 18.2 Å². The molecular weight excluding hydrogens is 437 g/mol. The fourth-order valence-electron chi connectivity index (χ4n) is 3.69. The van der Waals surface area contributed by atoms with Crippen LogP contribution in [-0.2, 0) is 6.18 Å². The van der Waals surface area contributed by atoms with Gasteiger partial charge in [-0.05, 0) is 36.4 Å². The number of alkyl halides is 3. The fraction of sp³-hybridized carbons (Fsp3) is 0.304. The minimum absolute atomic E-state index is 0.0844. The molecule has 33 heavy (non-hydrogen) atoms. The minimum atomic E-state index is -4.50. The second-order valence-electron chi connectivity index (χ2n) is 7.53. The zero-order chi connectivity index (χ0) is 23.6. The molecule has 10 heteroatoms. The molecule has 4 rings (SSSR count). The van der Waals surface area contributed by atoms with Gasteiger partial charge >= 0.3 is 12.2 Å². The van der Waals surface area contributed by atoms with E-state index >= 15 is 0 Å². The zero-order valence-electron chi connectivity index (χ0n) is 18.0. The average Bonchev–Trinajstić information content (AvgIpc) is 2.97. The molecule has 0 bridgehead atoms. The molecule has 7 nitrogen and oxygen atoms in total. The molecule has 0 saturated carbocycles. The maximum absolute atomic E-state index is 13.3. The number of amides is 2. The van der Waals surface area contributed by atoms with Crippen LogP contribution in [0.5, 0.6) is 17.2 Å². The highest BCUT2D eigenvalue weighted by Crippen LogP contribution is 2.42. The number of rotatable bonds is 3. The van der Waals surface area contributed by atoms with Gasteiger partial charge in [0, 0.05) is 32.7 Å². The molecule has 0 unspecified atom stereocenters. The average molecular weight is 460 g/mol. The van der Waals surface area contributed by atoms with Crippen LogP contribution >= 0.6 is 0 Å². The van der Waals surface area contributed by atoms with Gasteiger partial charge in [-0.25, -0.2) is 9.79 Å². The molecule has 0 aromatic heterocycles. The van der Waals surface area contributed by atoms with Crippen LogP contribution in [0, 0.1) is 0 Å². The lowest BCUT2D eigenvalue weighted by Gasteiger charge is -2.36. The lowest BCUT2D eigenvalue weighted by molar-refractivity contribution is -0.137. The summed E-state index contributed by atoms with van der Waals surface area (Å²) in [5.74, 6) is 1.72. The van der Waals surface area contributed by atoms with E-state index in [1.807, 2.05) is 4.90 Å². The highest BCUT2D eigenvalue weighted by Gasteiger charge is 2.33. The van der Waals surface area contributed by atoms with Gasteiger partial charge < -0.3 is 24.6 Å². The first kappa shape index (κ1) is 22.5. The Hall–Kier alpha value is -3.69. The monoisotopic (exact) mass is 460 g/mol. The van der Waals surface area contributed by atoms with Gasteiger partial charge in [0.25, 0.3) is 0 Å². The Morgan fingerprint density at radius 3 is 2.58 bits per heavy atom. The van der Waals surface area contributed by atoms with Crippen LogP contribution in [0.2, 0.25) is 0 Å². The quantitative estimate of drug-likeness (QED) is 0.690. The van der Waals surface area contributed by atoms with E-state index in [4.69, 9.17) is 9.47 Å². The smallest absolute Gasteiger partial charge is 0.416 e. The van der Waals surface area contributed by atoms with Crippen molar-refractivity contribution in [3.05, 3.63) is 60.2 Å². The maximum Gasteiger partial charge on any atom is 0.416 e. The van der Waals surface area contributed by atoms with E-state index < -0.39 is 11.7 Å². The predicted molar refractivity (Wildman–Crippen MR) is 117 cm³/mol. The Kier molecular flexibility index (Phi) is 6.17. The molecule has 0 atom stereocenters. The molecule has 174 valence electrons. The predicted octanol–water partition coefficient (Wildman–Crippen LogP) is 4.41. The number of hydrogen-bond acceptors (Lipinski definition) is 5. The summed E-state index contributed by atoms with van der Waals surface area (Å²) >= 11 is 0. The molecule has 1 fully saturated rings. The SMILES string of the molecule is C=CCNC(=O)N1CCN(C2=Nc3cc(C(F)(F)F)ccc3Oc3ccc(OC)cc32)CC1. The largest absolute Gasteiger partial charge is 0.497 e. The van der Waals surface area contributed by atoms with E-state index in [2.05, 4.69) is 16.9 Å². The molecule has 1 saturated heterocycles. The van der Waals surface area contributed by atoms with Crippen LogP contribution in [0.4, 0.5) is 23.7 Å². The lowest BCUT2D eigenvalue weighted by Crippen LogP contribution is -2.53. The zero-order valence-corrected chi connectivity index (χ0v) is 18.0. The highest BCUT2D eigenvalue weighted by atomic mass is 19.4. The van der Waals surface area contributed by atoms with E-state index in [9.17, 15) is 18.0 Å². The van der Waals surface area contributed by atoms with Crippen molar-refractivity contribution in [1.29, 1.82) is 0 Å². The van der Waals surface area contributed by atoms with Gasteiger partial charge in [-0.1, -0.05) is 6.08 Å². The van der Waals surface area contributed by atoms with Gasteiger partial charge in [0.1, 0.15) is 23.0 Å². The normalized spacial score (nSPS) is 15.5. The number of piperazine rings is 1. The van der Waals surface area contributed by atoms with Crippen LogP contribution < -0.4 is 14.8 Å². The van der Waals surface area contributed by atoms with Crippen LogP contribution in [0.3, 0.4) is 0 Å². The summed E-state index contributed by atoms with van der Waals surface area (Å²) < 4.78 is 51.2. The van der Waals surface area contributed by atoms with E-state index in [0.717, 1.165) is 12.1 Å². The third-order valence-corrected chi connectivity index (χ3v) is 5.42. The molecule has 2 aromatic rings. The Bertz CT molecular complexity index is 1090.